The van der Waals surface area contributed by atoms with Crippen molar-refractivity contribution in [1.29, 1.82) is 5.26 Å². The molecular weight excluding hydrogens is 334 g/mol. The number of rotatable bonds is 5. The molecule has 1 saturated carbocycles. The Morgan fingerprint density at radius 3 is 2.85 bits per heavy atom. The summed E-state index contributed by atoms with van der Waals surface area (Å²) in [5.41, 5.74) is 2.20. The molecular formula is C18H19N5O3. The lowest BCUT2D eigenvalue weighted by molar-refractivity contribution is 0.0718. The van der Waals surface area contributed by atoms with Gasteiger partial charge in [-0.05, 0) is 37.8 Å². The molecule has 0 unspecified atom stereocenters. The molecule has 8 nitrogen and oxygen atoms in total. The van der Waals surface area contributed by atoms with Gasteiger partial charge in [0.2, 0.25) is 0 Å². The van der Waals surface area contributed by atoms with Gasteiger partial charge in [0.1, 0.15) is 11.8 Å². The van der Waals surface area contributed by atoms with Crippen molar-refractivity contribution in [2.45, 2.75) is 31.2 Å². The van der Waals surface area contributed by atoms with Gasteiger partial charge in [0.15, 0.2) is 5.69 Å². The third-order valence-electron chi connectivity index (χ3n) is 5.20. The van der Waals surface area contributed by atoms with E-state index in [2.05, 4.69) is 15.4 Å². The number of hydrogen-bond donors (Lipinski definition) is 3. The van der Waals surface area contributed by atoms with Crippen LogP contribution in [0.2, 0.25) is 0 Å². The second-order valence-electron chi connectivity index (χ2n) is 7.28. The lowest BCUT2D eigenvalue weighted by atomic mass is 10.0. The molecule has 4 rings (SSSR count). The van der Waals surface area contributed by atoms with Crippen LogP contribution in [0, 0.1) is 17.2 Å². The summed E-state index contributed by atoms with van der Waals surface area (Å²) < 4.78 is 1.74. The number of hydrogen-bond acceptors (Lipinski definition) is 6. The standard InChI is InChI=1S/C18H19N5O3/c1-18(8-24,9-25)21-17(26)15-14-5-10-4-13(10)16(14)23(22-15)12-3-2-11(6-19)20-7-12/h2-3,7,10,13,24-25H,4-5,8-9H2,1H3,(H,21,26)/t10-,13-/m1/s1. The molecule has 1 amide bonds. The van der Waals surface area contributed by atoms with E-state index in [0.717, 1.165) is 24.1 Å². The number of carbonyl (C=O) groups is 1. The molecule has 2 aliphatic carbocycles. The summed E-state index contributed by atoms with van der Waals surface area (Å²) in [4.78, 5) is 16.8. The number of carbonyl (C=O) groups excluding carboxylic acids is 1. The van der Waals surface area contributed by atoms with Gasteiger partial charge < -0.3 is 15.5 Å². The normalized spacial score (nSPS) is 20.2. The van der Waals surface area contributed by atoms with Crippen molar-refractivity contribution in [3.05, 3.63) is 41.0 Å². The highest BCUT2D eigenvalue weighted by Crippen LogP contribution is 2.57. The Balaban J connectivity index is 1.72. The van der Waals surface area contributed by atoms with Crippen molar-refractivity contribution in [3.63, 3.8) is 0 Å². The lowest BCUT2D eigenvalue weighted by Gasteiger charge is -2.25. The molecule has 0 aliphatic heterocycles. The minimum absolute atomic E-state index is 0.321. The maximum atomic E-state index is 12.7. The molecule has 0 spiro atoms. The summed E-state index contributed by atoms with van der Waals surface area (Å²) in [6.45, 7) is 0.829. The van der Waals surface area contributed by atoms with Gasteiger partial charge in [-0.15, -0.1) is 0 Å². The first-order valence-electron chi connectivity index (χ1n) is 8.52. The SMILES string of the molecule is CC(CO)(CO)NC(=O)c1nn(-c2ccc(C#N)nc2)c2c1C[C@H]1C[C@@H]21. The van der Waals surface area contributed by atoms with E-state index in [1.165, 1.54) is 0 Å². The first kappa shape index (κ1) is 16.7. The van der Waals surface area contributed by atoms with Gasteiger partial charge in [-0.3, -0.25) is 4.79 Å². The van der Waals surface area contributed by atoms with Crippen LogP contribution in [-0.2, 0) is 6.42 Å². The van der Waals surface area contributed by atoms with Crippen LogP contribution in [0.4, 0.5) is 0 Å². The van der Waals surface area contributed by atoms with Crippen molar-refractivity contribution >= 4 is 5.91 Å². The Morgan fingerprint density at radius 1 is 1.46 bits per heavy atom. The molecule has 2 aliphatic rings. The van der Waals surface area contributed by atoms with Gasteiger partial charge in [0.05, 0.1) is 36.3 Å². The quantitative estimate of drug-likeness (QED) is 0.709. The molecule has 0 radical (unpaired) electrons. The van der Waals surface area contributed by atoms with Gasteiger partial charge >= 0.3 is 0 Å². The van der Waals surface area contributed by atoms with E-state index in [4.69, 9.17) is 5.26 Å². The second-order valence-corrected chi connectivity index (χ2v) is 7.28. The number of aromatic nitrogens is 3. The van der Waals surface area contributed by atoms with Crippen LogP contribution in [0.15, 0.2) is 18.3 Å². The first-order chi connectivity index (χ1) is 12.5. The minimum atomic E-state index is -1.11. The molecule has 2 heterocycles. The number of aliphatic hydroxyl groups excluding tert-OH is 2. The topological polar surface area (TPSA) is 124 Å². The number of amides is 1. The van der Waals surface area contributed by atoms with Crippen LogP contribution in [0.5, 0.6) is 0 Å². The molecule has 26 heavy (non-hydrogen) atoms. The third kappa shape index (κ3) is 2.57. The fourth-order valence-corrected chi connectivity index (χ4v) is 3.53. The van der Waals surface area contributed by atoms with Crippen molar-refractivity contribution in [1.82, 2.24) is 20.1 Å². The van der Waals surface area contributed by atoms with Gasteiger partial charge in [0.25, 0.3) is 5.91 Å². The second kappa shape index (κ2) is 5.90. The lowest BCUT2D eigenvalue weighted by Crippen LogP contribution is -2.52. The van der Waals surface area contributed by atoms with Gasteiger partial charge in [-0.1, -0.05) is 0 Å². The van der Waals surface area contributed by atoms with Crippen LogP contribution in [0.3, 0.4) is 0 Å². The zero-order valence-corrected chi connectivity index (χ0v) is 14.3. The van der Waals surface area contributed by atoms with Crippen LogP contribution < -0.4 is 5.32 Å². The van der Waals surface area contributed by atoms with Gasteiger partial charge in [-0.2, -0.15) is 10.4 Å². The summed E-state index contributed by atoms with van der Waals surface area (Å²) in [5.74, 6) is 0.541. The van der Waals surface area contributed by atoms with Crippen molar-refractivity contribution in [2.24, 2.45) is 5.92 Å². The zero-order valence-electron chi connectivity index (χ0n) is 14.3. The van der Waals surface area contributed by atoms with Crippen LogP contribution >= 0.6 is 0 Å². The summed E-state index contributed by atoms with van der Waals surface area (Å²) in [6.07, 6.45) is 3.48. The van der Waals surface area contributed by atoms with Crippen LogP contribution in [0.1, 0.15) is 46.7 Å². The number of nitrogens with zero attached hydrogens (tertiary/aromatic N) is 4. The highest BCUT2D eigenvalue weighted by atomic mass is 16.3. The Kier molecular flexibility index (Phi) is 3.79. The summed E-state index contributed by atoms with van der Waals surface area (Å²) in [5, 5.41) is 34.9. The van der Waals surface area contributed by atoms with Crippen LogP contribution in [0.25, 0.3) is 5.69 Å². The van der Waals surface area contributed by atoms with E-state index in [0.29, 0.717) is 28.9 Å². The average Bonchev–Trinajstić information content (AvgIpc) is 3.17. The number of nitrogens with one attached hydrogen (secondary N) is 1. The maximum absolute atomic E-state index is 12.7. The van der Waals surface area contributed by atoms with E-state index >= 15 is 0 Å². The Hall–Kier alpha value is -2.76. The van der Waals surface area contributed by atoms with E-state index in [1.54, 1.807) is 29.9 Å². The molecule has 2 aromatic heterocycles. The summed E-state index contributed by atoms with van der Waals surface area (Å²) >= 11 is 0. The summed E-state index contributed by atoms with van der Waals surface area (Å²) in [6, 6.07) is 5.37. The van der Waals surface area contributed by atoms with Gasteiger partial charge in [-0.25, -0.2) is 9.67 Å². The van der Waals surface area contributed by atoms with E-state index in [1.807, 2.05) is 6.07 Å². The van der Waals surface area contributed by atoms with Crippen molar-refractivity contribution in [3.8, 4) is 11.8 Å². The Labute approximate surface area is 150 Å². The monoisotopic (exact) mass is 353 g/mol. The number of pyridine rings is 1. The predicted molar refractivity (Wildman–Crippen MR) is 90.7 cm³/mol. The van der Waals surface area contributed by atoms with E-state index in [9.17, 15) is 15.0 Å². The molecule has 2 aromatic rings. The molecule has 1 fully saturated rings. The first-order valence-corrected chi connectivity index (χ1v) is 8.52. The highest BCUT2D eigenvalue weighted by molar-refractivity contribution is 5.95. The third-order valence-corrected chi connectivity index (χ3v) is 5.20. The zero-order chi connectivity index (χ0) is 18.5. The number of fused-ring (bicyclic) bond motifs is 3. The van der Waals surface area contributed by atoms with Crippen molar-refractivity contribution in [2.75, 3.05) is 13.2 Å². The minimum Gasteiger partial charge on any atom is -0.394 e. The van der Waals surface area contributed by atoms with Gasteiger partial charge in [0, 0.05) is 11.5 Å². The highest BCUT2D eigenvalue weighted by Gasteiger charge is 2.50. The maximum Gasteiger partial charge on any atom is 0.272 e. The molecule has 134 valence electrons. The fourth-order valence-electron chi connectivity index (χ4n) is 3.53. The fraction of sp³-hybridized carbons (Fsp3) is 0.444. The molecule has 0 aromatic carbocycles. The Bertz CT molecular complexity index is 908. The average molecular weight is 353 g/mol. The molecule has 0 saturated heterocycles. The van der Waals surface area contributed by atoms with Crippen LogP contribution in [-0.4, -0.2) is 49.6 Å². The number of aliphatic hydroxyl groups is 2. The molecule has 0 bridgehead atoms. The predicted octanol–water partition coefficient (Wildman–Crippen LogP) is 0.272. The van der Waals surface area contributed by atoms with Crippen molar-refractivity contribution < 1.29 is 15.0 Å². The molecule has 3 N–H and O–H groups in total. The Morgan fingerprint density at radius 2 is 2.23 bits per heavy atom. The number of nitriles is 1. The largest absolute Gasteiger partial charge is 0.394 e. The van der Waals surface area contributed by atoms with E-state index in [-0.39, 0.29) is 13.2 Å². The van der Waals surface area contributed by atoms with E-state index < -0.39 is 11.4 Å². The smallest absolute Gasteiger partial charge is 0.272 e. The molecule has 8 heteroatoms. The summed E-state index contributed by atoms with van der Waals surface area (Å²) in [7, 11) is 0. The molecule has 2 atom stereocenters.